The lowest BCUT2D eigenvalue weighted by Crippen LogP contribution is -2.03. The Balaban J connectivity index is 1.99. The zero-order chi connectivity index (χ0) is 14.8. The number of allylic oxidation sites excluding steroid dienone is 4. The molecule has 0 aliphatic heterocycles. The first-order chi connectivity index (χ1) is 10.2. The van der Waals surface area contributed by atoms with Gasteiger partial charge in [0.1, 0.15) is 0 Å². The molecule has 0 heteroatoms. The molecule has 0 saturated heterocycles. The maximum absolute atomic E-state index is 4.37. The van der Waals surface area contributed by atoms with Crippen LogP contribution in [-0.4, -0.2) is 0 Å². The smallest absolute Gasteiger partial charge is 0.0229 e. The van der Waals surface area contributed by atoms with E-state index in [0.717, 1.165) is 12.8 Å². The highest BCUT2D eigenvalue weighted by molar-refractivity contribution is 5.55. The Kier molecular flexibility index (Phi) is 3.99. The third kappa shape index (κ3) is 2.96. The molecule has 0 saturated carbocycles. The standard InChI is InChI=1S/C21H24/c1-4-17-9-10-18-7-5-6-8-19-11-15(2)12-21(19)16(3)13-20(18)14-17/h9-11,14H,3-8,13H2,1-2H3. The average Bonchev–Trinajstić information content (AvgIpc) is 2.85. The maximum Gasteiger partial charge on any atom is 0.0229 e. The van der Waals surface area contributed by atoms with Crippen molar-refractivity contribution in [1.82, 2.24) is 0 Å². The van der Waals surface area contributed by atoms with E-state index in [0.29, 0.717) is 0 Å². The second-order valence-corrected chi connectivity index (χ2v) is 6.30. The minimum absolute atomic E-state index is 0.968. The van der Waals surface area contributed by atoms with Crippen LogP contribution in [0.4, 0.5) is 0 Å². The van der Waals surface area contributed by atoms with Crippen LogP contribution in [0.25, 0.3) is 0 Å². The molecule has 0 bridgehead atoms. The summed E-state index contributed by atoms with van der Waals surface area (Å²) in [6.45, 7) is 8.73. The van der Waals surface area contributed by atoms with E-state index in [1.54, 1.807) is 0 Å². The molecule has 0 nitrogen and oxygen atoms in total. The predicted octanol–water partition coefficient (Wildman–Crippen LogP) is 5.49. The molecule has 2 aliphatic carbocycles. The van der Waals surface area contributed by atoms with Crippen molar-refractivity contribution < 1.29 is 0 Å². The summed E-state index contributed by atoms with van der Waals surface area (Å²) < 4.78 is 0. The molecule has 0 N–H and O–H groups in total. The molecule has 1 aromatic carbocycles. The van der Waals surface area contributed by atoms with Crippen LogP contribution in [0.5, 0.6) is 0 Å². The lowest BCUT2D eigenvalue weighted by atomic mass is 9.87. The number of rotatable bonds is 1. The number of hydrogen-bond donors (Lipinski definition) is 0. The van der Waals surface area contributed by atoms with Gasteiger partial charge in [0.15, 0.2) is 0 Å². The van der Waals surface area contributed by atoms with Crippen molar-refractivity contribution in [2.75, 3.05) is 0 Å². The maximum atomic E-state index is 4.37. The Morgan fingerprint density at radius 2 is 1.95 bits per heavy atom. The SMILES string of the molecule is C=C1Cc2cc(CC)ccc2CCCCC2=CC(C)=C=C12. The Morgan fingerprint density at radius 1 is 1.14 bits per heavy atom. The molecule has 108 valence electrons. The molecule has 0 unspecified atom stereocenters. The molecular formula is C21H24. The monoisotopic (exact) mass is 276 g/mol. The van der Waals surface area contributed by atoms with Crippen LogP contribution < -0.4 is 0 Å². The van der Waals surface area contributed by atoms with E-state index >= 15 is 0 Å². The Morgan fingerprint density at radius 3 is 2.76 bits per heavy atom. The van der Waals surface area contributed by atoms with Crippen LogP contribution in [0, 0.1) is 0 Å². The molecule has 0 aromatic heterocycles. The van der Waals surface area contributed by atoms with E-state index in [-0.39, 0.29) is 0 Å². The van der Waals surface area contributed by atoms with Gasteiger partial charge in [-0.25, -0.2) is 0 Å². The van der Waals surface area contributed by atoms with Crippen LogP contribution in [-0.2, 0) is 19.3 Å². The summed E-state index contributed by atoms with van der Waals surface area (Å²) in [7, 11) is 0. The number of aryl methyl sites for hydroxylation is 2. The fourth-order valence-electron chi connectivity index (χ4n) is 3.42. The van der Waals surface area contributed by atoms with Gasteiger partial charge in [-0.1, -0.05) is 31.7 Å². The molecular weight excluding hydrogens is 252 g/mol. The van der Waals surface area contributed by atoms with Crippen molar-refractivity contribution in [3.8, 4) is 0 Å². The molecule has 2 aliphatic rings. The zero-order valence-electron chi connectivity index (χ0n) is 13.3. The van der Waals surface area contributed by atoms with Gasteiger partial charge < -0.3 is 0 Å². The second-order valence-electron chi connectivity index (χ2n) is 6.30. The highest BCUT2D eigenvalue weighted by Crippen LogP contribution is 2.32. The quantitative estimate of drug-likeness (QED) is 0.595. The first-order valence-electron chi connectivity index (χ1n) is 8.14. The van der Waals surface area contributed by atoms with Crippen molar-refractivity contribution >= 4 is 0 Å². The largest absolute Gasteiger partial charge is 0.109 e. The minimum Gasteiger partial charge on any atom is -0.109 e. The molecule has 0 heterocycles. The van der Waals surface area contributed by atoms with Crippen molar-refractivity contribution in [3.05, 3.63) is 75.6 Å². The van der Waals surface area contributed by atoms with E-state index in [1.807, 2.05) is 0 Å². The fraction of sp³-hybridized carbons (Fsp3) is 0.381. The summed E-state index contributed by atoms with van der Waals surface area (Å²) >= 11 is 0. The van der Waals surface area contributed by atoms with Crippen molar-refractivity contribution in [3.63, 3.8) is 0 Å². The molecule has 0 atom stereocenters. The third-order valence-electron chi connectivity index (χ3n) is 4.61. The van der Waals surface area contributed by atoms with Crippen LogP contribution >= 0.6 is 0 Å². The van der Waals surface area contributed by atoms with E-state index in [9.17, 15) is 0 Å². The molecule has 21 heavy (non-hydrogen) atoms. The van der Waals surface area contributed by atoms with E-state index in [4.69, 9.17) is 0 Å². The van der Waals surface area contributed by atoms with Crippen molar-refractivity contribution in [2.45, 2.75) is 52.4 Å². The van der Waals surface area contributed by atoms with Gasteiger partial charge in [0.2, 0.25) is 0 Å². The van der Waals surface area contributed by atoms with Gasteiger partial charge in [0.05, 0.1) is 0 Å². The molecule has 0 spiro atoms. The van der Waals surface area contributed by atoms with Gasteiger partial charge in [-0.3, -0.25) is 0 Å². The van der Waals surface area contributed by atoms with E-state index < -0.39 is 0 Å². The van der Waals surface area contributed by atoms with Gasteiger partial charge in [0.25, 0.3) is 0 Å². The van der Waals surface area contributed by atoms with Crippen LogP contribution in [0.15, 0.2) is 58.9 Å². The van der Waals surface area contributed by atoms with Gasteiger partial charge in [-0.2, -0.15) is 0 Å². The van der Waals surface area contributed by atoms with Crippen molar-refractivity contribution in [2.24, 2.45) is 0 Å². The Labute approximate surface area is 128 Å². The predicted molar refractivity (Wildman–Crippen MR) is 90.5 cm³/mol. The summed E-state index contributed by atoms with van der Waals surface area (Å²) in [6, 6.07) is 7.01. The lowest BCUT2D eigenvalue weighted by molar-refractivity contribution is 0.724. The molecule has 3 rings (SSSR count). The number of hydrogen-bond acceptors (Lipinski definition) is 0. The van der Waals surface area contributed by atoms with E-state index in [1.165, 1.54) is 64.7 Å². The van der Waals surface area contributed by atoms with Gasteiger partial charge in [-0.15, -0.1) is 5.73 Å². The van der Waals surface area contributed by atoms with Crippen LogP contribution in [0.1, 0.15) is 49.8 Å². The number of benzene rings is 1. The molecule has 1 aromatic rings. The third-order valence-corrected chi connectivity index (χ3v) is 4.61. The first kappa shape index (κ1) is 14.2. The summed E-state index contributed by atoms with van der Waals surface area (Å²) in [5, 5.41) is 0. The summed E-state index contributed by atoms with van der Waals surface area (Å²) in [4.78, 5) is 0. The minimum atomic E-state index is 0.968. The zero-order valence-corrected chi connectivity index (χ0v) is 13.3. The van der Waals surface area contributed by atoms with E-state index in [2.05, 4.69) is 50.4 Å². The Hall–Kier alpha value is -1.78. The van der Waals surface area contributed by atoms with Crippen molar-refractivity contribution in [1.29, 1.82) is 0 Å². The average molecular weight is 276 g/mol. The van der Waals surface area contributed by atoms with Gasteiger partial charge in [0, 0.05) is 5.57 Å². The molecule has 0 fully saturated rings. The fourth-order valence-corrected chi connectivity index (χ4v) is 3.42. The highest BCUT2D eigenvalue weighted by atomic mass is 14.2. The summed E-state index contributed by atoms with van der Waals surface area (Å²) in [5.74, 6) is 0. The number of fused-ring (bicyclic) bond motifs is 2. The van der Waals surface area contributed by atoms with Gasteiger partial charge >= 0.3 is 0 Å². The second kappa shape index (κ2) is 5.92. The van der Waals surface area contributed by atoms with Gasteiger partial charge in [-0.05, 0) is 84.9 Å². The first-order valence-corrected chi connectivity index (χ1v) is 8.14. The summed E-state index contributed by atoms with van der Waals surface area (Å²) in [5.41, 5.74) is 13.2. The highest BCUT2D eigenvalue weighted by Gasteiger charge is 2.17. The Bertz CT molecular complexity index is 676. The van der Waals surface area contributed by atoms with Crippen LogP contribution in [0.3, 0.4) is 0 Å². The molecule has 0 radical (unpaired) electrons. The molecule has 0 amide bonds. The van der Waals surface area contributed by atoms with Crippen LogP contribution in [0.2, 0.25) is 0 Å². The topological polar surface area (TPSA) is 0 Å². The summed E-state index contributed by atoms with van der Waals surface area (Å²) in [6.07, 6.45) is 9.27. The lowest BCUT2D eigenvalue weighted by Gasteiger charge is -2.17. The normalized spacial score (nSPS) is 18.4.